The Morgan fingerprint density at radius 1 is 1.71 bits per heavy atom. The zero-order valence-electron chi connectivity index (χ0n) is 8.34. The first-order chi connectivity index (χ1) is 6.65. The maximum atomic E-state index is 11.6. The van der Waals surface area contributed by atoms with E-state index in [0.717, 1.165) is 12.8 Å². The zero-order valence-corrected chi connectivity index (χ0v) is 9.10. The molecule has 1 unspecified atom stereocenters. The fourth-order valence-electron chi connectivity index (χ4n) is 1.26. The van der Waals surface area contributed by atoms with Gasteiger partial charge in [-0.05, 0) is 31.0 Å². The third-order valence-corrected chi connectivity index (χ3v) is 2.25. The van der Waals surface area contributed by atoms with Crippen LogP contribution in [0.15, 0.2) is 16.7 Å². The van der Waals surface area contributed by atoms with Crippen molar-refractivity contribution in [3.05, 3.63) is 23.1 Å². The summed E-state index contributed by atoms with van der Waals surface area (Å²) in [4.78, 5) is 11.6. The molecule has 0 aliphatic carbocycles. The van der Waals surface area contributed by atoms with Gasteiger partial charge in [0.2, 0.25) is 5.22 Å². The molecule has 0 bridgehead atoms. The van der Waals surface area contributed by atoms with E-state index in [-0.39, 0.29) is 17.2 Å². The predicted octanol–water partition coefficient (Wildman–Crippen LogP) is 2.85. The minimum atomic E-state index is -0.176. The molecule has 1 aromatic heterocycles. The Morgan fingerprint density at radius 2 is 2.43 bits per heavy atom. The van der Waals surface area contributed by atoms with Gasteiger partial charge in [-0.15, -0.1) is 0 Å². The highest BCUT2D eigenvalue weighted by Crippen LogP contribution is 2.16. The van der Waals surface area contributed by atoms with Crippen molar-refractivity contribution in [3.8, 4) is 0 Å². The Kier molecular flexibility index (Phi) is 4.01. The Bertz CT molecular complexity index is 309. The van der Waals surface area contributed by atoms with Crippen LogP contribution in [0, 0.1) is 0 Å². The summed E-state index contributed by atoms with van der Waals surface area (Å²) in [5.74, 6) is -0.176. The second-order valence-corrected chi connectivity index (χ2v) is 3.61. The molecule has 0 aromatic carbocycles. The van der Waals surface area contributed by atoms with Crippen LogP contribution in [0.4, 0.5) is 0 Å². The van der Waals surface area contributed by atoms with Crippen molar-refractivity contribution in [3.63, 3.8) is 0 Å². The van der Waals surface area contributed by atoms with Crippen molar-refractivity contribution < 1.29 is 9.21 Å². The number of hydrogen-bond acceptors (Lipinski definition) is 2. The number of furan rings is 1. The van der Waals surface area contributed by atoms with E-state index in [4.69, 9.17) is 16.0 Å². The lowest BCUT2D eigenvalue weighted by Crippen LogP contribution is -2.32. The summed E-state index contributed by atoms with van der Waals surface area (Å²) in [5.41, 5.74) is 0.398. The fourth-order valence-corrected chi connectivity index (χ4v) is 1.46. The molecule has 78 valence electrons. The zero-order chi connectivity index (χ0) is 10.6. The molecule has 0 radical (unpaired) electrons. The van der Waals surface area contributed by atoms with Crippen LogP contribution in [0.3, 0.4) is 0 Å². The van der Waals surface area contributed by atoms with E-state index in [1.165, 1.54) is 6.26 Å². The summed E-state index contributed by atoms with van der Waals surface area (Å²) in [7, 11) is 0. The van der Waals surface area contributed by atoms with Crippen molar-refractivity contribution in [2.45, 2.75) is 32.7 Å². The Balaban J connectivity index is 2.55. The lowest BCUT2D eigenvalue weighted by atomic mass is 10.2. The predicted molar refractivity (Wildman–Crippen MR) is 55.6 cm³/mol. The molecule has 3 nitrogen and oxygen atoms in total. The van der Waals surface area contributed by atoms with Crippen molar-refractivity contribution in [2.24, 2.45) is 0 Å². The Hall–Kier alpha value is -0.960. The third-order valence-electron chi connectivity index (χ3n) is 1.96. The van der Waals surface area contributed by atoms with E-state index in [1.54, 1.807) is 6.07 Å². The molecule has 0 aliphatic heterocycles. The van der Waals surface area contributed by atoms with Gasteiger partial charge >= 0.3 is 0 Å². The fraction of sp³-hybridized carbons (Fsp3) is 0.500. The van der Waals surface area contributed by atoms with Gasteiger partial charge in [-0.25, -0.2) is 0 Å². The standard InChI is InChI=1S/C10H14ClNO2/c1-3-4-7(2)12-10(13)8-5-6-14-9(8)11/h5-7H,3-4H2,1-2H3,(H,12,13). The van der Waals surface area contributed by atoms with Gasteiger partial charge in [-0.1, -0.05) is 13.3 Å². The average molecular weight is 216 g/mol. The maximum Gasteiger partial charge on any atom is 0.256 e. The SMILES string of the molecule is CCCC(C)NC(=O)c1ccoc1Cl. The summed E-state index contributed by atoms with van der Waals surface area (Å²) in [6.45, 7) is 4.04. The van der Waals surface area contributed by atoms with Gasteiger partial charge in [-0.3, -0.25) is 4.79 Å². The van der Waals surface area contributed by atoms with E-state index in [1.807, 2.05) is 6.92 Å². The molecule has 1 atom stereocenters. The summed E-state index contributed by atoms with van der Waals surface area (Å²) in [5, 5.41) is 2.99. The van der Waals surface area contributed by atoms with Gasteiger partial charge in [0.25, 0.3) is 5.91 Å². The molecule has 0 saturated heterocycles. The van der Waals surface area contributed by atoms with E-state index < -0.39 is 0 Å². The van der Waals surface area contributed by atoms with Gasteiger partial charge in [0, 0.05) is 6.04 Å². The first-order valence-electron chi connectivity index (χ1n) is 4.69. The first kappa shape index (κ1) is 11.1. The number of halogens is 1. The molecular formula is C10H14ClNO2. The van der Waals surface area contributed by atoms with Crippen LogP contribution in [0.2, 0.25) is 5.22 Å². The Labute approximate surface area is 88.4 Å². The van der Waals surface area contributed by atoms with Gasteiger partial charge in [-0.2, -0.15) is 0 Å². The lowest BCUT2D eigenvalue weighted by molar-refractivity contribution is 0.0938. The number of rotatable bonds is 4. The number of carbonyl (C=O) groups excluding carboxylic acids is 1. The molecule has 1 N–H and O–H groups in total. The van der Waals surface area contributed by atoms with E-state index >= 15 is 0 Å². The van der Waals surface area contributed by atoms with Crippen LogP contribution in [0.25, 0.3) is 0 Å². The summed E-state index contributed by atoms with van der Waals surface area (Å²) >= 11 is 5.67. The van der Waals surface area contributed by atoms with Gasteiger partial charge < -0.3 is 9.73 Å². The Morgan fingerprint density at radius 3 is 2.93 bits per heavy atom. The van der Waals surface area contributed by atoms with Gasteiger partial charge in [0.1, 0.15) is 0 Å². The second-order valence-electron chi connectivity index (χ2n) is 3.27. The number of amides is 1. The maximum absolute atomic E-state index is 11.6. The van der Waals surface area contributed by atoms with Crippen LogP contribution in [-0.2, 0) is 0 Å². The monoisotopic (exact) mass is 215 g/mol. The molecule has 1 rings (SSSR count). The lowest BCUT2D eigenvalue weighted by Gasteiger charge is -2.11. The largest absolute Gasteiger partial charge is 0.452 e. The molecule has 0 saturated carbocycles. The highest BCUT2D eigenvalue weighted by Gasteiger charge is 2.14. The van der Waals surface area contributed by atoms with Crippen LogP contribution < -0.4 is 5.32 Å². The highest BCUT2D eigenvalue weighted by molar-refractivity contribution is 6.32. The van der Waals surface area contributed by atoms with Crippen molar-refractivity contribution in [1.29, 1.82) is 0 Å². The molecule has 0 aliphatic rings. The van der Waals surface area contributed by atoms with Gasteiger partial charge in [0.05, 0.1) is 11.8 Å². The average Bonchev–Trinajstić information content (AvgIpc) is 2.51. The number of carbonyl (C=O) groups is 1. The van der Waals surface area contributed by atoms with Crippen LogP contribution in [0.1, 0.15) is 37.0 Å². The smallest absolute Gasteiger partial charge is 0.256 e. The molecule has 14 heavy (non-hydrogen) atoms. The van der Waals surface area contributed by atoms with Crippen LogP contribution in [-0.4, -0.2) is 11.9 Å². The topological polar surface area (TPSA) is 42.2 Å². The molecule has 1 aromatic rings. The minimum Gasteiger partial charge on any atom is -0.452 e. The first-order valence-corrected chi connectivity index (χ1v) is 5.06. The van der Waals surface area contributed by atoms with Gasteiger partial charge in [0.15, 0.2) is 0 Å². The molecule has 4 heteroatoms. The van der Waals surface area contributed by atoms with E-state index in [2.05, 4.69) is 12.2 Å². The summed E-state index contributed by atoms with van der Waals surface area (Å²) in [6.07, 6.45) is 3.41. The highest BCUT2D eigenvalue weighted by atomic mass is 35.5. The molecule has 0 spiro atoms. The van der Waals surface area contributed by atoms with E-state index in [0.29, 0.717) is 5.56 Å². The van der Waals surface area contributed by atoms with E-state index in [9.17, 15) is 4.79 Å². The summed E-state index contributed by atoms with van der Waals surface area (Å²) in [6, 6.07) is 1.73. The second kappa shape index (κ2) is 5.05. The van der Waals surface area contributed by atoms with Crippen LogP contribution >= 0.6 is 11.6 Å². The van der Waals surface area contributed by atoms with Crippen molar-refractivity contribution in [1.82, 2.24) is 5.32 Å². The molecule has 1 heterocycles. The quantitative estimate of drug-likeness (QED) is 0.839. The third kappa shape index (κ3) is 2.77. The van der Waals surface area contributed by atoms with Crippen molar-refractivity contribution in [2.75, 3.05) is 0 Å². The normalized spacial score (nSPS) is 12.5. The number of hydrogen-bond donors (Lipinski definition) is 1. The van der Waals surface area contributed by atoms with Crippen molar-refractivity contribution >= 4 is 17.5 Å². The number of nitrogens with one attached hydrogen (secondary N) is 1. The molecule has 0 fully saturated rings. The summed E-state index contributed by atoms with van der Waals surface area (Å²) < 4.78 is 4.83. The molecular weight excluding hydrogens is 202 g/mol. The molecule has 1 amide bonds. The minimum absolute atomic E-state index is 0.145. The van der Waals surface area contributed by atoms with Crippen LogP contribution in [0.5, 0.6) is 0 Å².